The zero-order valence-electron chi connectivity index (χ0n) is 15.7. The van der Waals surface area contributed by atoms with E-state index in [1.54, 1.807) is 0 Å². The summed E-state index contributed by atoms with van der Waals surface area (Å²) in [4.78, 5) is 15.9. The molecule has 2 atom stereocenters. The molecule has 2 N–H and O–H groups in total. The third-order valence-corrected chi connectivity index (χ3v) is 3.98. The molecular formula is C17H34IN3O3. The van der Waals surface area contributed by atoms with E-state index >= 15 is 0 Å². The molecule has 0 amide bonds. The van der Waals surface area contributed by atoms with Gasteiger partial charge in [0.25, 0.3) is 0 Å². The van der Waals surface area contributed by atoms with E-state index in [1.165, 1.54) is 7.11 Å². The van der Waals surface area contributed by atoms with Crippen LogP contribution in [-0.4, -0.2) is 51.4 Å². The molecule has 2 unspecified atom stereocenters. The van der Waals surface area contributed by atoms with Crippen molar-refractivity contribution >= 4 is 35.9 Å². The van der Waals surface area contributed by atoms with Crippen LogP contribution in [0.3, 0.4) is 0 Å². The summed E-state index contributed by atoms with van der Waals surface area (Å²) in [6.45, 7) is 11.6. The van der Waals surface area contributed by atoms with E-state index in [4.69, 9.17) is 4.74 Å². The number of esters is 1. The molecule has 7 heteroatoms. The Morgan fingerprint density at radius 2 is 2.04 bits per heavy atom. The van der Waals surface area contributed by atoms with Gasteiger partial charge in [0.1, 0.15) is 0 Å². The van der Waals surface area contributed by atoms with Gasteiger partial charge in [0.2, 0.25) is 0 Å². The van der Waals surface area contributed by atoms with Crippen LogP contribution in [0.25, 0.3) is 0 Å². The molecule has 0 aliphatic carbocycles. The molecule has 1 rings (SSSR count). The van der Waals surface area contributed by atoms with Crippen LogP contribution >= 0.6 is 24.0 Å². The number of rotatable bonds is 6. The van der Waals surface area contributed by atoms with Crippen molar-refractivity contribution in [3.8, 4) is 0 Å². The lowest BCUT2D eigenvalue weighted by atomic mass is 9.78. The average Bonchev–Trinajstić information content (AvgIpc) is 2.51. The first-order valence-electron chi connectivity index (χ1n) is 8.59. The average molecular weight is 455 g/mol. The minimum Gasteiger partial charge on any atom is -0.469 e. The largest absolute Gasteiger partial charge is 0.469 e. The Morgan fingerprint density at radius 3 is 2.62 bits per heavy atom. The van der Waals surface area contributed by atoms with Crippen molar-refractivity contribution in [3.63, 3.8) is 0 Å². The molecule has 0 radical (unpaired) electrons. The lowest BCUT2D eigenvalue weighted by Crippen LogP contribution is -2.43. The van der Waals surface area contributed by atoms with Crippen molar-refractivity contribution in [3.05, 3.63) is 0 Å². The van der Waals surface area contributed by atoms with Gasteiger partial charge in [0, 0.05) is 32.2 Å². The molecule has 1 heterocycles. The second kappa shape index (κ2) is 11.9. The second-order valence-corrected chi connectivity index (χ2v) is 7.03. The minimum absolute atomic E-state index is 0. The summed E-state index contributed by atoms with van der Waals surface area (Å²) in [7, 11) is 1.40. The summed E-state index contributed by atoms with van der Waals surface area (Å²) >= 11 is 0. The molecule has 24 heavy (non-hydrogen) atoms. The Bertz CT molecular complexity index is 397. The molecule has 0 aromatic rings. The lowest BCUT2D eigenvalue weighted by Gasteiger charge is -2.39. The van der Waals surface area contributed by atoms with Crippen LogP contribution in [0.5, 0.6) is 0 Å². The molecular weight excluding hydrogens is 421 g/mol. The number of hydrogen-bond donors (Lipinski definition) is 2. The zero-order valence-corrected chi connectivity index (χ0v) is 18.0. The van der Waals surface area contributed by atoms with E-state index in [0.717, 1.165) is 38.5 Å². The summed E-state index contributed by atoms with van der Waals surface area (Å²) in [5, 5.41) is 6.39. The van der Waals surface area contributed by atoms with E-state index < -0.39 is 0 Å². The fourth-order valence-electron chi connectivity index (χ4n) is 2.92. The van der Waals surface area contributed by atoms with Crippen LogP contribution < -0.4 is 10.6 Å². The highest BCUT2D eigenvalue weighted by atomic mass is 127. The van der Waals surface area contributed by atoms with Gasteiger partial charge >= 0.3 is 5.97 Å². The van der Waals surface area contributed by atoms with Crippen LogP contribution in [0.4, 0.5) is 0 Å². The molecule has 1 aliphatic rings. The van der Waals surface area contributed by atoms with E-state index in [0.29, 0.717) is 18.9 Å². The lowest BCUT2D eigenvalue weighted by molar-refractivity contribution is -0.140. The highest BCUT2D eigenvalue weighted by Gasteiger charge is 2.35. The number of nitrogens with zero attached hydrogens (tertiary/aromatic N) is 1. The number of aliphatic imine (C=N–C) groups is 1. The van der Waals surface area contributed by atoms with Crippen molar-refractivity contribution in [2.45, 2.75) is 53.1 Å². The van der Waals surface area contributed by atoms with Gasteiger partial charge in [0.05, 0.1) is 19.6 Å². The van der Waals surface area contributed by atoms with E-state index in [1.807, 2.05) is 6.92 Å². The molecule has 0 bridgehead atoms. The van der Waals surface area contributed by atoms with Gasteiger partial charge in [-0.15, -0.1) is 24.0 Å². The third kappa shape index (κ3) is 8.50. The Kier molecular flexibility index (Phi) is 11.6. The molecule has 0 aromatic heterocycles. The number of guanidine groups is 1. The number of methoxy groups -OCH3 is 1. The Balaban J connectivity index is 0.00000529. The first-order chi connectivity index (χ1) is 10.9. The number of carbonyl (C=O) groups excluding carboxylic acids is 1. The van der Waals surface area contributed by atoms with E-state index in [2.05, 4.69) is 41.1 Å². The van der Waals surface area contributed by atoms with Gasteiger partial charge in [-0.25, -0.2) is 0 Å². The van der Waals surface area contributed by atoms with Crippen molar-refractivity contribution in [2.75, 3.05) is 33.4 Å². The second-order valence-electron chi connectivity index (χ2n) is 7.03. The molecule has 1 saturated heterocycles. The molecule has 6 nitrogen and oxygen atoms in total. The summed E-state index contributed by atoms with van der Waals surface area (Å²) in [5.74, 6) is 0.955. The molecule has 1 aliphatic heterocycles. The molecule has 142 valence electrons. The number of ether oxygens (including phenoxy) is 2. The minimum atomic E-state index is -0.221. The summed E-state index contributed by atoms with van der Waals surface area (Å²) < 4.78 is 10.6. The van der Waals surface area contributed by atoms with Gasteiger partial charge in [-0.05, 0) is 25.2 Å². The molecule has 0 aromatic carbocycles. The fourth-order valence-corrected chi connectivity index (χ4v) is 2.92. The molecule has 0 saturated carbocycles. The van der Waals surface area contributed by atoms with Crippen LogP contribution in [0.15, 0.2) is 4.99 Å². The zero-order chi connectivity index (χ0) is 17.3. The predicted molar refractivity (Wildman–Crippen MR) is 108 cm³/mol. The quantitative estimate of drug-likeness (QED) is 0.279. The van der Waals surface area contributed by atoms with Crippen molar-refractivity contribution in [1.82, 2.24) is 10.6 Å². The van der Waals surface area contributed by atoms with Gasteiger partial charge in [-0.2, -0.15) is 0 Å². The predicted octanol–water partition coefficient (Wildman–Crippen LogP) is 2.56. The Hall–Kier alpha value is -0.570. The first kappa shape index (κ1) is 23.4. The van der Waals surface area contributed by atoms with Gasteiger partial charge in [-0.1, -0.05) is 20.8 Å². The van der Waals surface area contributed by atoms with Crippen molar-refractivity contribution in [2.24, 2.45) is 16.3 Å². The van der Waals surface area contributed by atoms with E-state index in [9.17, 15) is 4.79 Å². The van der Waals surface area contributed by atoms with Crippen LogP contribution in [0, 0.1) is 11.3 Å². The van der Waals surface area contributed by atoms with Crippen molar-refractivity contribution in [1.29, 1.82) is 0 Å². The fraction of sp³-hybridized carbons (Fsp3) is 0.882. The number of nitrogens with one attached hydrogen (secondary N) is 2. The van der Waals surface area contributed by atoms with Crippen LogP contribution in [0.2, 0.25) is 0 Å². The number of carbonyl (C=O) groups is 1. The van der Waals surface area contributed by atoms with Gasteiger partial charge in [-0.3, -0.25) is 9.79 Å². The number of halogens is 1. The third-order valence-electron chi connectivity index (χ3n) is 3.98. The monoisotopic (exact) mass is 455 g/mol. The topological polar surface area (TPSA) is 72.0 Å². The van der Waals surface area contributed by atoms with Crippen LogP contribution in [0.1, 0.15) is 47.0 Å². The van der Waals surface area contributed by atoms with Crippen LogP contribution in [-0.2, 0) is 14.3 Å². The van der Waals surface area contributed by atoms with Gasteiger partial charge in [0.15, 0.2) is 5.96 Å². The number of hydrogen-bond acceptors (Lipinski definition) is 4. The Labute approximate surface area is 163 Å². The van der Waals surface area contributed by atoms with Gasteiger partial charge < -0.3 is 20.1 Å². The maximum absolute atomic E-state index is 11.2. The SMILES string of the molecule is CCNC(=NCC1CCCOC1C(C)(C)C)NCCC(=O)OC.I. The summed E-state index contributed by atoms with van der Waals surface area (Å²) in [5.41, 5.74) is 0.122. The smallest absolute Gasteiger partial charge is 0.307 e. The molecule has 1 fully saturated rings. The maximum atomic E-state index is 11.2. The van der Waals surface area contributed by atoms with Crippen molar-refractivity contribution < 1.29 is 14.3 Å². The highest BCUT2D eigenvalue weighted by molar-refractivity contribution is 14.0. The Morgan fingerprint density at radius 1 is 1.33 bits per heavy atom. The standard InChI is InChI=1S/C17H33N3O3.HI/c1-6-18-16(19-10-9-14(21)22-5)20-12-13-8-7-11-23-15(13)17(2,3)4;/h13,15H,6-12H2,1-5H3,(H2,18,19,20);1H. The summed E-state index contributed by atoms with van der Waals surface area (Å²) in [6.07, 6.45) is 2.81. The maximum Gasteiger partial charge on any atom is 0.307 e. The summed E-state index contributed by atoms with van der Waals surface area (Å²) in [6, 6.07) is 0. The first-order valence-corrected chi connectivity index (χ1v) is 8.59. The highest BCUT2D eigenvalue weighted by Crippen LogP contribution is 2.34. The molecule has 0 spiro atoms. The van der Waals surface area contributed by atoms with E-state index in [-0.39, 0.29) is 41.5 Å². The normalized spacial score (nSPS) is 21.6.